The minimum atomic E-state index is 0.639. The number of methoxy groups -OCH3 is 4. The second-order valence-corrected chi connectivity index (χ2v) is 8.49. The van der Waals surface area contributed by atoms with Gasteiger partial charge in [0.2, 0.25) is 0 Å². The van der Waals surface area contributed by atoms with E-state index in [0.717, 1.165) is 36.8 Å². The Labute approximate surface area is 207 Å². The first-order chi connectivity index (χ1) is 16.6. The molecule has 5 rings (SSSR count). The minimum Gasteiger partial charge on any atom is -0.493 e. The average Bonchev–Trinajstić information content (AvgIpc) is 3.42. The number of halogens is 1. The van der Waals surface area contributed by atoms with Crippen molar-refractivity contribution in [1.29, 1.82) is 0 Å². The van der Waals surface area contributed by atoms with E-state index in [0.29, 0.717) is 23.0 Å². The number of aromatic nitrogens is 5. The first-order valence-electron chi connectivity index (χ1n) is 9.89. The fourth-order valence-electron chi connectivity index (χ4n) is 3.27. The van der Waals surface area contributed by atoms with Crippen molar-refractivity contribution in [2.45, 2.75) is 0 Å². The van der Waals surface area contributed by atoms with Crippen LogP contribution in [0, 0.1) is 0 Å². The van der Waals surface area contributed by atoms with Gasteiger partial charge in [0.05, 0.1) is 51.9 Å². The van der Waals surface area contributed by atoms with Crippen molar-refractivity contribution in [2.75, 3.05) is 28.4 Å². The fourth-order valence-corrected chi connectivity index (χ4v) is 4.34. The Morgan fingerprint density at radius 2 is 1.24 bits per heavy atom. The van der Waals surface area contributed by atoms with E-state index in [2.05, 4.69) is 41.3 Å². The first kappa shape index (κ1) is 23.6. The molecule has 9 nitrogen and oxygen atoms in total. The molecule has 0 amide bonds. The predicted octanol–water partition coefficient (Wildman–Crippen LogP) is 5.18. The molecule has 0 aliphatic rings. The molecule has 0 saturated carbocycles. The van der Waals surface area contributed by atoms with Crippen LogP contribution in [0.25, 0.3) is 32.4 Å². The maximum atomic E-state index is 5.33. The number of benzene rings is 2. The van der Waals surface area contributed by atoms with Crippen LogP contribution < -0.4 is 18.9 Å². The summed E-state index contributed by atoms with van der Waals surface area (Å²) in [5.41, 5.74) is 2.47. The maximum absolute atomic E-state index is 5.33. The van der Waals surface area contributed by atoms with Gasteiger partial charge < -0.3 is 18.9 Å². The van der Waals surface area contributed by atoms with Crippen molar-refractivity contribution in [3.05, 3.63) is 52.7 Å². The molecule has 2 aromatic carbocycles. The molecule has 11 heteroatoms. The standard InChI is InChI=1S/C13H11N3O2S.C10H9BrN2O2/c1-17-11-5-8-9(13-14-3-4-19-13)7-15-16-10(8)6-12(11)18-2;1-14-9-3-6-7(11)5-12-13-8(6)4-10(9)15-2/h3-7H,1-2H3;3-5H,1-2H3. The summed E-state index contributed by atoms with van der Waals surface area (Å²) in [6.45, 7) is 0. The molecule has 0 aliphatic carbocycles. The average molecular weight is 542 g/mol. The quantitative estimate of drug-likeness (QED) is 0.297. The lowest BCUT2D eigenvalue weighted by atomic mass is 10.1. The minimum absolute atomic E-state index is 0.639. The van der Waals surface area contributed by atoms with Crippen LogP contribution in [-0.4, -0.2) is 53.8 Å². The van der Waals surface area contributed by atoms with Crippen LogP contribution in [0.4, 0.5) is 0 Å². The normalized spacial score (nSPS) is 10.5. The predicted molar refractivity (Wildman–Crippen MR) is 134 cm³/mol. The number of rotatable bonds is 5. The van der Waals surface area contributed by atoms with Gasteiger partial charge in [-0.05, 0) is 28.1 Å². The highest BCUT2D eigenvalue weighted by molar-refractivity contribution is 9.10. The molecule has 0 spiro atoms. The van der Waals surface area contributed by atoms with Gasteiger partial charge in [0.1, 0.15) is 5.01 Å². The third-order valence-electron chi connectivity index (χ3n) is 4.90. The van der Waals surface area contributed by atoms with Gasteiger partial charge in [-0.2, -0.15) is 20.4 Å². The highest BCUT2D eigenvalue weighted by Crippen LogP contribution is 2.36. The number of nitrogens with zero attached hydrogens (tertiary/aromatic N) is 5. The molecule has 34 heavy (non-hydrogen) atoms. The lowest BCUT2D eigenvalue weighted by Crippen LogP contribution is -1.94. The second-order valence-electron chi connectivity index (χ2n) is 6.74. The molecule has 0 unspecified atom stereocenters. The lowest BCUT2D eigenvalue weighted by Gasteiger charge is -2.09. The van der Waals surface area contributed by atoms with E-state index in [-0.39, 0.29) is 0 Å². The van der Waals surface area contributed by atoms with Crippen molar-refractivity contribution < 1.29 is 18.9 Å². The van der Waals surface area contributed by atoms with Gasteiger partial charge in [-0.15, -0.1) is 11.3 Å². The highest BCUT2D eigenvalue weighted by atomic mass is 79.9. The molecule has 5 aromatic rings. The summed E-state index contributed by atoms with van der Waals surface area (Å²) in [6.07, 6.45) is 5.13. The molecular weight excluding hydrogens is 522 g/mol. The number of hydrogen-bond acceptors (Lipinski definition) is 10. The Morgan fingerprint density at radius 1 is 0.706 bits per heavy atom. The Kier molecular flexibility index (Phi) is 7.33. The molecule has 174 valence electrons. The van der Waals surface area contributed by atoms with Crippen LogP contribution in [0.15, 0.2) is 52.7 Å². The van der Waals surface area contributed by atoms with E-state index in [1.807, 2.05) is 23.6 Å². The molecule has 0 radical (unpaired) electrons. The van der Waals surface area contributed by atoms with Crippen molar-refractivity contribution >= 4 is 49.1 Å². The van der Waals surface area contributed by atoms with Crippen molar-refractivity contribution in [3.8, 4) is 33.6 Å². The summed E-state index contributed by atoms with van der Waals surface area (Å²) in [5, 5.41) is 20.7. The van der Waals surface area contributed by atoms with E-state index in [4.69, 9.17) is 18.9 Å². The number of fused-ring (bicyclic) bond motifs is 2. The van der Waals surface area contributed by atoms with E-state index < -0.39 is 0 Å². The van der Waals surface area contributed by atoms with Crippen molar-refractivity contribution in [1.82, 2.24) is 25.4 Å². The van der Waals surface area contributed by atoms with Crippen LogP contribution >= 0.6 is 27.3 Å². The highest BCUT2D eigenvalue weighted by Gasteiger charge is 2.13. The summed E-state index contributed by atoms with van der Waals surface area (Å²) in [7, 11) is 6.41. The van der Waals surface area contributed by atoms with Gasteiger partial charge in [0, 0.05) is 44.5 Å². The van der Waals surface area contributed by atoms with Crippen LogP contribution in [0.2, 0.25) is 0 Å². The third kappa shape index (κ3) is 4.70. The van der Waals surface area contributed by atoms with Gasteiger partial charge in [-0.1, -0.05) is 0 Å². The van der Waals surface area contributed by atoms with E-state index in [9.17, 15) is 0 Å². The van der Waals surface area contributed by atoms with Crippen LogP contribution in [-0.2, 0) is 0 Å². The zero-order valence-corrected chi connectivity index (χ0v) is 21.2. The van der Waals surface area contributed by atoms with Gasteiger partial charge in [-0.3, -0.25) is 0 Å². The topological polar surface area (TPSA) is 101 Å². The van der Waals surface area contributed by atoms with E-state index in [1.54, 1.807) is 64.4 Å². The molecule has 3 aromatic heterocycles. The Hall–Kier alpha value is -3.57. The maximum Gasteiger partial charge on any atom is 0.162 e. The van der Waals surface area contributed by atoms with Gasteiger partial charge in [-0.25, -0.2) is 4.98 Å². The summed E-state index contributed by atoms with van der Waals surface area (Å²) in [5.74, 6) is 2.64. The van der Waals surface area contributed by atoms with Gasteiger partial charge in [0.25, 0.3) is 0 Å². The van der Waals surface area contributed by atoms with E-state index >= 15 is 0 Å². The second kappa shape index (κ2) is 10.6. The summed E-state index contributed by atoms with van der Waals surface area (Å²) < 4.78 is 21.9. The first-order valence-corrected chi connectivity index (χ1v) is 11.6. The van der Waals surface area contributed by atoms with Gasteiger partial charge >= 0.3 is 0 Å². The van der Waals surface area contributed by atoms with Gasteiger partial charge in [0.15, 0.2) is 23.0 Å². The zero-order chi connectivity index (χ0) is 24.1. The fraction of sp³-hybridized carbons (Fsp3) is 0.174. The summed E-state index contributed by atoms with van der Waals surface area (Å²) >= 11 is 4.97. The Morgan fingerprint density at radius 3 is 1.79 bits per heavy atom. The molecule has 3 heterocycles. The Balaban J connectivity index is 0.000000166. The molecule has 0 fully saturated rings. The zero-order valence-electron chi connectivity index (χ0n) is 18.8. The largest absolute Gasteiger partial charge is 0.493 e. The number of hydrogen-bond donors (Lipinski definition) is 0. The molecule has 0 atom stereocenters. The SMILES string of the molecule is COc1cc2nncc(-c3nccs3)c2cc1OC.COc1cc2nncc(Br)c2cc1OC. The summed E-state index contributed by atoms with van der Waals surface area (Å²) in [4.78, 5) is 4.31. The van der Waals surface area contributed by atoms with Crippen LogP contribution in [0.5, 0.6) is 23.0 Å². The lowest BCUT2D eigenvalue weighted by molar-refractivity contribution is 0.355. The van der Waals surface area contributed by atoms with E-state index in [1.165, 1.54) is 0 Å². The summed E-state index contributed by atoms with van der Waals surface area (Å²) in [6, 6.07) is 7.39. The molecule has 0 N–H and O–H groups in total. The Bertz CT molecular complexity index is 1430. The van der Waals surface area contributed by atoms with Crippen molar-refractivity contribution in [2.24, 2.45) is 0 Å². The molecule has 0 aliphatic heterocycles. The molecule has 0 bridgehead atoms. The monoisotopic (exact) mass is 541 g/mol. The van der Waals surface area contributed by atoms with Crippen LogP contribution in [0.1, 0.15) is 0 Å². The van der Waals surface area contributed by atoms with Crippen molar-refractivity contribution in [3.63, 3.8) is 0 Å². The smallest absolute Gasteiger partial charge is 0.162 e. The molecule has 0 saturated heterocycles. The number of ether oxygens (including phenoxy) is 4. The van der Waals surface area contributed by atoms with Crippen LogP contribution in [0.3, 0.4) is 0 Å². The molecular formula is C23H20BrN5O4S. The third-order valence-corrected chi connectivity index (χ3v) is 6.34. The number of thiazole rings is 1.